The Hall–Kier alpha value is -1.43. The highest BCUT2D eigenvalue weighted by Gasteiger charge is 2.21. The summed E-state index contributed by atoms with van der Waals surface area (Å²) in [6.07, 6.45) is 1.76. The van der Waals surface area contributed by atoms with Gasteiger partial charge in [0, 0.05) is 5.41 Å². The average molecular weight is 256 g/mol. The molecule has 0 aromatic carbocycles. The van der Waals surface area contributed by atoms with Crippen LogP contribution >= 0.6 is 11.6 Å². The summed E-state index contributed by atoms with van der Waals surface area (Å²) in [7, 11) is 0. The largest absolute Gasteiger partial charge is 0.337 e. The van der Waals surface area contributed by atoms with Gasteiger partial charge in [0.25, 0.3) is 0 Å². The van der Waals surface area contributed by atoms with E-state index in [4.69, 9.17) is 16.1 Å². The second-order valence-corrected chi connectivity index (χ2v) is 5.07. The number of hydrogen-bond donors (Lipinski definition) is 0. The second-order valence-electron chi connectivity index (χ2n) is 4.80. The summed E-state index contributed by atoms with van der Waals surface area (Å²) in [6.45, 7) is 6.50. The van der Waals surface area contributed by atoms with E-state index in [2.05, 4.69) is 20.5 Å². The third-order valence-electron chi connectivity index (χ3n) is 2.16. The normalized spacial score (nSPS) is 12.0. The van der Waals surface area contributed by atoms with Gasteiger partial charge in [-0.15, -0.1) is 16.7 Å². The van der Waals surface area contributed by atoms with Crippen molar-refractivity contribution >= 4 is 11.6 Å². The van der Waals surface area contributed by atoms with Crippen LogP contribution in [0.15, 0.2) is 10.7 Å². The Morgan fingerprint density at radius 2 is 2.18 bits per heavy atom. The average Bonchev–Trinajstić information content (AvgIpc) is 2.86. The maximum Gasteiger partial charge on any atom is 0.248 e. The molecule has 0 fully saturated rings. The van der Waals surface area contributed by atoms with E-state index >= 15 is 0 Å². The van der Waals surface area contributed by atoms with Crippen LogP contribution in [-0.4, -0.2) is 25.1 Å². The van der Waals surface area contributed by atoms with Crippen LogP contribution in [0.25, 0.3) is 0 Å². The van der Waals surface area contributed by atoms with E-state index in [-0.39, 0.29) is 5.41 Å². The first-order valence-corrected chi connectivity index (χ1v) is 5.80. The predicted molar refractivity (Wildman–Crippen MR) is 61.7 cm³/mol. The van der Waals surface area contributed by atoms with Crippen LogP contribution in [0.5, 0.6) is 0 Å². The summed E-state index contributed by atoms with van der Waals surface area (Å²) < 4.78 is 6.78. The number of rotatable bonds is 3. The van der Waals surface area contributed by atoms with E-state index in [0.717, 1.165) is 5.69 Å². The maximum absolute atomic E-state index is 5.64. The molecule has 0 amide bonds. The highest BCUT2D eigenvalue weighted by Crippen LogP contribution is 2.18. The van der Waals surface area contributed by atoms with Crippen LogP contribution in [0.1, 0.15) is 38.2 Å². The molecule has 0 radical (unpaired) electrons. The second kappa shape index (κ2) is 4.44. The van der Waals surface area contributed by atoms with Crippen molar-refractivity contribution in [2.75, 3.05) is 0 Å². The Kier molecular flexibility index (Phi) is 3.15. The van der Waals surface area contributed by atoms with Crippen molar-refractivity contribution in [1.82, 2.24) is 25.1 Å². The van der Waals surface area contributed by atoms with Gasteiger partial charge in [-0.25, -0.2) is 4.68 Å². The van der Waals surface area contributed by atoms with Gasteiger partial charge in [0.2, 0.25) is 5.89 Å². The fourth-order valence-electron chi connectivity index (χ4n) is 1.24. The Bertz CT molecular complexity index is 499. The molecular weight excluding hydrogens is 242 g/mol. The highest BCUT2D eigenvalue weighted by molar-refractivity contribution is 6.16. The summed E-state index contributed by atoms with van der Waals surface area (Å²) in [6, 6.07) is 0. The van der Waals surface area contributed by atoms with Crippen molar-refractivity contribution in [3.05, 3.63) is 23.6 Å². The number of halogens is 1. The molecule has 2 aromatic rings. The van der Waals surface area contributed by atoms with E-state index in [1.165, 1.54) is 0 Å². The van der Waals surface area contributed by atoms with Gasteiger partial charge in [-0.1, -0.05) is 31.1 Å². The molecule has 2 rings (SSSR count). The third-order valence-corrected chi connectivity index (χ3v) is 2.43. The maximum atomic E-state index is 5.64. The zero-order valence-electron chi connectivity index (χ0n) is 10.0. The van der Waals surface area contributed by atoms with E-state index in [1.54, 1.807) is 10.9 Å². The molecule has 0 atom stereocenters. The van der Waals surface area contributed by atoms with Gasteiger partial charge in [-0.2, -0.15) is 4.98 Å². The standard InChI is InChI=1S/C10H14ClN5O/c1-10(2,3)9-12-8(17-14-9)6-16-5-7(4-11)13-15-16/h5H,4,6H2,1-3H3. The molecule has 0 saturated heterocycles. The fraction of sp³-hybridized carbons (Fsp3) is 0.600. The first kappa shape index (κ1) is 12.0. The van der Waals surface area contributed by atoms with Crippen molar-refractivity contribution in [2.45, 2.75) is 38.6 Å². The summed E-state index contributed by atoms with van der Waals surface area (Å²) in [4.78, 5) is 4.31. The van der Waals surface area contributed by atoms with E-state index in [1.807, 2.05) is 20.8 Å². The molecule has 6 nitrogen and oxygen atoms in total. The summed E-state index contributed by atoms with van der Waals surface area (Å²) in [5.41, 5.74) is 0.605. The van der Waals surface area contributed by atoms with Gasteiger partial charge in [0.15, 0.2) is 5.82 Å². The lowest BCUT2D eigenvalue weighted by Crippen LogP contribution is -2.13. The third kappa shape index (κ3) is 2.82. The van der Waals surface area contributed by atoms with Crippen LogP contribution in [0, 0.1) is 0 Å². The van der Waals surface area contributed by atoms with Gasteiger partial charge in [0.05, 0.1) is 17.8 Å². The molecule has 0 N–H and O–H groups in total. The van der Waals surface area contributed by atoms with E-state index in [9.17, 15) is 0 Å². The highest BCUT2D eigenvalue weighted by atomic mass is 35.5. The molecule has 2 heterocycles. The lowest BCUT2D eigenvalue weighted by atomic mass is 9.96. The molecule has 7 heteroatoms. The Labute approximate surface area is 104 Å². The van der Waals surface area contributed by atoms with Crippen molar-refractivity contribution in [1.29, 1.82) is 0 Å². The summed E-state index contributed by atoms with van der Waals surface area (Å²) in [5.74, 6) is 1.54. The fourth-order valence-corrected chi connectivity index (χ4v) is 1.36. The molecule has 0 aliphatic heterocycles. The topological polar surface area (TPSA) is 69.6 Å². The number of aromatic nitrogens is 5. The molecule has 92 valence electrons. The van der Waals surface area contributed by atoms with Crippen LogP contribution in [0.4, 0.5) is 0 Å². The molecule has 0 aliphatic carbocycles. The summed E-state index contributed by atoms with van der Waals surface area (Å²) >= 11 is 5.64. The van der Waals surface area contributed by atoms with Crippen LogP contribution < -0.4 is 0 Å². The van der Waals surface area contributed by atoms with Crippen LogP contribution in [-0.2, 0) is 17.8 Å². The zero-order valence-corrected chi connectivity index (χ0v) is 10.8. The first-order chi connectivity index (χ1) is 7.99. The molecule has 0 saturated carbocycles. The molecule has 0 aliphatic rings. The van der Waals surface area contributed by atoms with Crippen LogP contribution in [0.2, 0.25) is 0 Å². The zero-order chi connectivity index (χ0) is 12.5. The van der Waals surface area contributed by atoms with Gasteiger partial charge in [0.1, 0.15) is 6.54 Å². The molecule has 2 aromatic heterocycles. The van der Waals surface area contributed by atoms with Crippen molar-refractivity contribution < 1.29 is 4.52 Å². The Balaban J connectivity index is 2.11. The lowest BCUT2D eigenvalue weighted by molar-refractivity contribution is 0.352. The number of alkyl halides is 1. The molecule has 0 unspecified atom stereocenters. The van der Waals surface area contributed by atoms with Gasteiger partial charge < -0.3 is 4.52 Å². The minimum Gasteiger partial charge on any atom is -0.337 e. The van der Waals surface area contributed by atoms with E-state index in [0.29, 0.717) is 24.1 Å². The minimum absolute atomic E-state index is 0.120. The van der Waals surface area contributed by atoms with Gasteiger partial charge in [-0.3, -0.25) is 0 Å². The van der Waals surface area contributed by atoms with Crippen LogP contribution in [0.3, 0.4) is 0 Å². The van der Waals surface area contributed by atoms with Gasteiger partial charge in [-0.05, 0) is 0 Å². The minimum atomic E-state index is -0.120. The number of nitrogens with zero attached hydrogens (tertiary/aromatic N) is 5. The lowest BCUT2D eigenvalue weighted by Gasteiger charge is -2.10. The van der Waals surface area contributed by atoms with E-state index < -0.39 is 0 Å². The van der Waals surface area contributed by atoms with Crippen molar-refractivity contribution in [2.24, 2.45) is 0 Å². The number of hydrogen-bond acceptors (Lipinski definition) is 5. The molecule has 17 heavy (non-hydrogen) atoms. The van der Waals surface area contributed by atoms with Gasteiger partial charge >= 0.3 is 0 Å². The molecule has 0 bridgehead atoms. The monoisotopic (exact) mass is 255 g/mol. The predicted octanol–water partition coefficient (Wildman–Crippen LogP) is 1.75. The van der Waals surface area contributed by atoms with Crippen molar-refractivity contribution in [3.63, 3.8) is 0 Å². The molecule has 0 spiro atoms. The SMILES string of the molecule is CC(C)(C)c1noc(Cn2cc(CCl)nn2)n1. The quantitative estimate of drug-likeness (QED) is 0.782. The smallest absolute Gasteiger partial charge is 0.248 e. The summed E-state index contributed by atoms with van der Waals surface area (Å²) in [5, 5.41) is 11.7. The Morgan fingerprint density at radius 3 is 2.71 bits per heavy atom. The molecular formula is C10H14ClN5O. The van der Waals surface area contributed by atoms with Crippen molar-refractivity contribution in [3.8, 4) is 0 Å². The first-order valence-electron chi connectivity index (χ1n) is 5.27. The Morgan fingerprint density at radius 1 is 1.41 bits per heavy atom.